The second-order valence-corrected chi connectivity index (χ2v) is 4.77. The smallest absolute Gasteiger partial charge is 0.309 e. The van der Waals surface area contributed by atoms with Gasteiger partial charge in [0.25, 0.3) is 0 Å². The van der Waals surface area contributed by atoms with Crippen LogP contribution < -0.4 is 10.6 Å². The molecule has 0 saturated heterocycles. The molecule has 96 valence electrons. The topological polar surface area (TPSA) is 58.2 Å². The van der Waals surface area contributed by atoms with Crippen molar-refractivity contribution in [2.75, 3.05) is 6.54 Å². The summed E-state index contributed by atoms with van der Waals surface area (Å²) in [6.45, 7) is 2.50. The van der Waals surface area contributed by atoms with Gasteiger partial charge in [0.2, 0.25) is 0 Å². The summed E-state index contributed by atoms with van der Waals surface area (Å²) in [5.41, 5.74) is 1.15. The molecule has 1 saturated carbocycles. The van der Waals surface area contributed by atoms with Crippen LogP contribution in [0, 0.1) is 0 Å². The average Bonchev–Trinajstić information content (AvgIpc) is 3.20. The van der Waals surface area contributed by atoms with Crippen LogP contribution in [0.1, 0.15) is 31.2 Å². The maximum absolute atomic E-state index is 11.5. The van der Waals surface area contributed by atoms with E-state index in [2.05, 4.69) is 10.6 Å². The Morgan fingerprint density at radius 3 is 2.50 bits per heavy atom. The van der Waals surface area contributed by atoms with E-state index in [-0.39, 0.29) is 12.0 Å². The lowest BCUT2D eigenvalue weighted by Crippen LogP contribution is -2.41. The van der Waals surface area contributed by atoms with Crippen molar-refractivity contribution in [3.63, 3.8) is 0 Å². The van der Waals surface area contributed by atoms with Crippen LogP contribution >= 0.6 is 0 Å². The van der Waals surface area contributed by atoms with Gasteiger partial charge >= 0.3 is 11.8 Å². The number of nitrogens with one attached hydrogen (secondary N) is 2. The Kier molecular flexibility index (Phi) is 3.97. The summed E-state index contributed by atoms with van der Waals surface area (Å²) in [7, 11) is 0. The Morgan fingerprint density at radius 1 is 1.22 bits per heavy atom. The number of carbonyl (C=O) groups is 2. The molecule has 0 unspecified atom stereocenters. The van der Waals surface area contributed by atoms with Gasteiger partial charge in [0, 0.05) is 12.6 Å². The summed E-state index contributed by atoms with van der Waals surface area (Å²) in [5.74, 6) is -0.855. The molecule has 0 aliphatic heterocycles. The fourth-order valence-electron chi connectivity index (χ4n) is 1.70. The Balaban J connectivity index is 1.76. The molecular formula is C14H18N2O2. The Hall–Kier alpha value is -1.84. The lowest BCUT2D eigenvalue weighted by atomic mass is 10.0. The molecule has 0 spiro atoms. The van der Waals surface area contributed by atoms with E-state index in [4.69, 9.17) is 0 Å². The molecular weight excluding hydrogens is 228 g/mol. The first kappa shape index (κ1) is 12.6. The van der Waals surface area contributed by atoms with Crippen LogP contribution in [0.5, 0.6) is 0 Å². The standard InChI is InChI=1S/C14H18N2O2/c1-10(11-5-3-2-4-6-11)9-15-13(17)14(18)16-12-7-8-12/h2-6,10,12H,7-9H2,1H3,(H,15,17)(H,16,18)/t10-/m0/s1. The predicted molar refractivity (Wildman–Crippen MR) is 69.0 cm³/mol. The van der Waals surface area contributed by atoms with Crippen molar-refractivity contribution in [3.05, 3.63) is 35.9 Å². The van der Waals surface area contributed by atoms with Gasteiger partial charge in [-0.25, -0.2) is 0 Å². The van der Waals surface area contributed by atoms with Gasteiger partial charge in [-0.2, -0.15) is 0 Å². The molecule has 0 bridgehead atoms. The third-order valence-electron chi connectivity index (χ3n) is 3.06. The summed E-state index contributed by atoms with van der Waals surface area (Å²) >= 11 is 0. The number of carbonyl (C=O) groups excluding carboxylic acids is 2. The fraction of sp³-hybridized carbons (Fsp3) is 0.429. The highest BCUT2D eigenvalue weighted by Gasteiger charge is 2.26. The molecule has 2 amide bonds. The van der Waals surface area contributed by atoms with E-state index in [1.54, 1.807) is 0 Å². The van der Waals surface area contributed by atoms with Crippen LogP contribution in [0.3, 0.4) is 0 Å². The lowest BCUT2D eigenvalue weighted by Gasteiger charge is -2.12. The minimum atomic E-state index is -0.537. The summed E-state index contributed by atoms with van der Waals surface area (Å²) in [6.07, 6.45) is 1.97. The van der Waals surface area contributed by atoms with Gasteiger partial charge in [-0.05, 0) is 24.3 Å². The van der Waals surface area contributed by atoms with Crippen molar-refractivity contribution >= 4 is 11.8 Å². The van der Waals surface area contributed by atoms with E-state index in [0.29, 0.717) is 6.54 Å². The second-order valence-electron chi connectivity index (χ2n) is 4.77. The average molecular weight is 246 g/mol. The zero-order chi connectivity index (χ0) is 13.0. The molecule has 1 aliphatic carbocycles. The van der Waals surface area contributed by atoms with Crippen LogP contribution in [0.25, 0.3) is 0 Å². The molecule has 0 heterocycles. The van der Waals surface area contributed by atoms with E-state index in [1.165, 1.54) is 0 Å². The first-order chi connectivity index (χ1) is 8.66. The molecule has 2 N–H and O–H groups in total. The van der Waals surface area contributed by atoms with Gasteiger partial charge < -0.3 is 10.6 Å². The first-order valence-electron chi connectivity index (χ1n) is 6.30. The van der Waals surface area contributed by atoms with Crippen molar-refractivity contribution < 1.29 is 9.59 Å². The van der Waals surface area contributed by atoms with Crippen LogP contribution in [-0.2, 0) is 9.59 Å². The van der Waals surface area contributed by atoms with E-state index in [0.717, 1.165) is 18.4 Å². The second kappa shape index (κ2) is 5.67. The SMILES string of the molecule is C[C@@H](CNC(=O)C(=O)NC1CC1)c1ccccc1. The maximum Gasteiger partial charge on any atom is 0.309 e. The van der Waals surface area contributed by atoms with Crippen molar-refractivity contribution in [2.24, 2.45) is 0 Å². The van der Waals surface area contributed by atoms with E-state index in [9.17, 15) is 9.59 Å². The zero-order valence-corrected chi connectivity index (χ0v) is 10.5. The van der Waals surface area contributed by atoms with Gasteiger partial charge in [-0.15, -0.1) is 0 Å². The lowest BCUT2D eigenvalue weighted by molar-refractivity contribution is -0.139. The van der Waals surface area contributed by atoms with E-state index in [1.807, 2.05) is 37.3 Å². The van der Waals surface area contributed by atoms with Crippen molar-refractivity contribution in [1.29, 1.82) is 0 Å². The molecule has 1 aromatic carbocycles. The summed E-state index contributed by atoms with van der Waals surface area (Å²) in [4.78, 5) is 22.9. The molecule has 1 atom stereocenters. The Morgan fingerprint density at radius 2 is 1.89 bits per heavy atom. The van der Waals surface area contributed by atoms with Crippen LogP contribution in [0.2, 0.25) is 0 Å². The van der Waals surface area contributed by atoms with Crippen molar-refractivity contribution in [3.8, 4) is 0 Å². The third-order valence-corrected chi connectivity index (χ3v) is 3.06. The minimum absolute atomic E-state index is 0.198. The molecule has 1 aromatic rings. The minimum Gasteiger partial charge on any atom is -0.347 e. The highest BCUT2D eigenvalue weighted by atomic mass is 16.2. The van der Waals surface area contributed by atoms with E-state index < -0.39 is 11.8 Å². The summed E-state index contributed by atoms with van der Waals surface area (Å²) < 4.78 is 0. The highest BCUT2D eigenvalue weighted by molar-refractivity contribution is 6.35. The van der Waals surface area contributed by atoms with E-state index >= 15 is 0 Å². The Labute approximate surface area is 107 Å². The summed E-state index contributed by atoms with van der Waals surface area (Å²) in [6, 6.07) is 10.1. The van der Waals surface area contributed by atoms with Crippen LogP contribution in [0.4, 0.5) is 0 Å². The normalized spacial score (nSPS) is 15.8. The Bertz CT molecular complexity index is 427. The monoisotopic (exact) mass is 246 g/mol. The van der Waals surface area contributed by atoms with Crippen molar-refractivity contribution in [2.45, 2.75) is 31.7 Å². The quantitative estimate of drug-likeness (QED) is 0.784. The van der Waals surface area contributed by atoms with Gasteiger partial charge in [-0.3, -0.25) is 9.59 Å². The number of rotatable bonds is 4. The predicted octanol–water partition coefficient (Wildman–Crippen LogP) is 1.18. The number of amides is 2. The summed E-state index contributed by atoms with van der Waals surface area (Å²) in [5, 5.41) is 5.33. The molecule has 18 heavy (non-hydrogen) atoms. The zero-order valence-electron chi connectivity index (χ0n) is 10.5. The molecule has 1 fully saturated rings. The fourth-order valence-corrected chi connectivity index (χ4v) is 1.70. The third kappa shape index (κ3) is 3.58. The number of hydrogen-bond acceptors (Lipinski definition) is 2. The molecule has 4 heteroatoms. The molecule has 0 radical (unpaired) electrons. The maximum atomic E-state index is 11.5. The van der Waals surface area contributed by atoms with Gasteiger partial charge in [0.1, 0.15) is 0 Å². The molecule has 1 aliphatic rings. The first-order valence-corrected chi connectivity index (χ1v) is 6.30. The largest absolute Gasteiger partial charge is 0.347 e. The van der Waals surface area contributed by atoms with Gasteiger partial charge in [0.15, 0.2) is 0 Å². The van der Waals surface area contributed by atoms with Gasteiger partial charge in [-0.1, -0.05) is 37.3 Å². The molecule has 0 aromatic heterocycles. The van der Waals surface area contributed by atoms with Crippen molar-refractivity contribution in [1.82, 2.24) is 10.6 Å². The van der Waals surface area contributed by atoms with Crippen LogP contribution in [0.15, 0.2) is 30.3 Å². The van der Waals surface area contributed by atoms with Gasteiger partial charge in [0.05, 0.1) is 0 Å². The highest BCUT2D eigenvalue weighted by Crippen LogP contribution is 2.18. The molecule has 2 rings (SSSR count). The number of hydrogen-bond donors (Lipinski definition) is 2. The van der Waals surface area contributed by atoms with Crippen LogP contribution in [-0.4, -0.2) is 24.4 Å². The molecule has 4 nitrogen and oxygen atoms in total. The number of benzene rings is 1.